The van der Waals surface area contributed by atoms with Crippen molar-refractivity contribution >= 4 is 28.3 Å². The maximum atomic E-state index is 12.1. The highest BCUT2D eigenvalue weighted by Crippen LogP contribution is 2.20. The van der Waals surface area contributed by atoms with Crippen molar-refractivity contribution in [2.24, 2.45) is 0 Å². The van der Waals surface area contributed by atoms with Crippen LogP contribution in [0.1, 0.15) is 20.3 Å². The van der Waals surface area contributed by atoms with Crippen LogP contribution >= 0.6 is 11.3 Å². The van der Waals surface area contributed by atoms with Gasteiger partial charge in [0, 0.05) is 6.54 Å². The molecule has 7 heteroatoms. The topological polar surface area (TPSA) is 93.4 Å². The van der Waals surface area contributed by atoms with Gasteiger partial charge in [-0.05, 0) is 31.4 Å². The van der Waals surface area contributed by atoms with Gasteiger partial charge in [0.15, 0.2) is 0 Å². The van der Waals surface area contributed by atoms with Crippen LogP contribution in [0.15, 0.2) is 17.5 Å². The van der Waals surface area contributed by atoms with Gasteiger partial charge in [0.1, 0.15) is 5.54 Å². The molecule has 1 aromatic rings. The third-order valence-electron chi connectivity index (χ3n) is 2.64. The van der Waals surface area contributed by atoms with Gasteiger partial charge < -0.3 is 10.0 Å². The fraction of sp³-hybridized carbons (Fsp3) is 0.417. The van der Waals surface area contributed by atoms with Gasteiger partial charge in [0.2, 0.25) is 0 Å². The van der Waals surface area contributed by atoms with Crippen LogP contribution in [0.4, 0.5) is 9.80 Å². The van der Waals surface area contributed by atoms with E-state index in [-0.39, 0.29) is 13.0 Å². The number of urea groups is 1. The summed E-state index contributed by atoms with van der Waals surface area (Å²) in [5.74, 6) is -1.12. The molecule has 0 unspecified atom stereocenters. The average molecular weight is 281 g/mol. The van der Waals surface area contributed by atoms with E-state index < -0.39 is 17.5 Å². The Labute approximate surface area is 115 Å². The summed E-state index contributed by atoms with van der Waals surface area (Å²) in [7, 11) is 0. The number of carboxylic acid groups (broad SMARTS) is 1. The number of aliphatic carboxylic acids is 1. The molecule has 0 aromatic carbocycles. The fourth-order valence-electron chi connectivity index (χ4n) is 1.43. The van der Waals surface area contributed by atoms with Crippen LogP contribution in [-0.4, -0.2) is 34.1 Å². The fourth-order valence-corrected chi connectivity index (χ4v) is 2.04. The molecule has 6 nitrogen and oxygen atoms in total. The first kappa shape index (κ1) is 15.0. The molecular formula is C12H15N3O3S. The van der Waals surface area contributed by atoms with E-state index in [9.17, 15) is 14.7 Å². The summed E-state index contributed by atoms with van der Waals surface area (Å²) >= 11 is 1.34. The van der Waals surface area contributed by atoms with Crippen LogP contribution in [0, 0.1) is 11.3 Å². The van der Waals surface area contributed by atoms with Gasteiger partial charge in [-0.3, -0.25) is 5.32 Å². The highest BCUT2D eigenvalue weighted by Gasteiger charge is 2.37. The Morgan fingerprint density at radius 2 is 2.26 bits per heavy atom. The molecule has 2 N–H and O–H groups in total. The Kier molecular flexibility index (Phi) is 4.89. The summed E-state index contributed by atoms with van der Waals surface area (Å²) in [5, 5.41) is 22.8. The number of thiophene rings is 1. The first-order valence-corrected chi connectivity index (χ1v) is 6.50. The second-order valence-corrected chi connectivity index (χ2v) is 5.28. The normalized spacial score (nSPS) is 10.6. The third-order valence-corrected chi connectivity index (χ3v) is 3.43. The minimum atomic E-state index is -1.38. The molecule has 0 atom stereocenters. The van der Waals surface area contributed by atoms with Crippen LogP contribution in [0.3, 0.4) is 0 Å². The lowest BCUT2D eigenvalue weighted by molar-refractivity contribution is -0.147. The van der Waals surface area contributed by atoms with Crippen LogP contribution in [0.2, 0.25) is 0 Å². The number of carbonyl (C=O) groups excluding carboxylic acids is 1. The molecule has 1 heterocycles. The average Bonchev–Trinajstić information content (AvgIpc) is 2.81. The monoisotopic (exact) mass is 281 g/mol. The number of carboxylic acids is 1. The van der Waals surface area contributed by atoms with E-state index >= 15 is 0 Å². The van der Waals surface area contributed by atoms with E-state index in [2.05, 4.69) is 5.32 Å². The first-order chi connectivity index (χ1) is 8.89. The Bertz CT molecular complexity index is 491. The second-order valence-electron chi connectivity index (χ2n) is 4.33. The summed E-state index contributed by atoms with van der Waals surface area (Å²) in [6.45, 7) is 2.93. The lowest BCUT2D eigenvalue weighted by Gasteiger charge is -2.34. The molecule has 0 radical (unpaired) electrons. The molecule has 1 rings (SSSR count). The van der Waals surface area contributed by atoms with Gasteiger partial charge in [-0.25, -0.2) is 9.59 Å². The predicted molar refractivity (Wildman–Crippen MR) is 72.0 cm³/mol. The minimum Gasteiger partial charge on any atom is -0.480 e. The Morgan fingerprint density at radius 1 is 1.58 bits per heavy atom. The number of nitrogens with zero attached hydrogens (tertiary/aromatic N) is 2. The minimum absolute atomic E-state index is 0.0625. The molecule has 0 saturated carbocycles. The van der Waals surface area contributed by atoms with Crippen LogP contribution < -0.4 is 5.32 Å². The van der Waals surface area contributed by atoms with E-state index in [1.54, 1.807) is 17.5 Å². The lowest BCUT2D eigenvalue weighted by Crippen LogP contribution is -2.54. The van der Waals surface area contributed by atoms with Gasteiger partial charge in [-0.1, -0.05) is 0 Å². The molecule has 0 aliphatic rings. The number of nitrogens with one attached hydrogen (secondary N) is 1. The van der Waals surface area contributed by atoms with Gasteiger partial charge >= 0.3 is 12.0 Å². The maximum Gasteiger partial charge on any atom is 0.329 e. The summed E-state index contributed by atoms with van der Waals surface area (Å²) in [4.78, 5) is 24.5. The predicted octanol–water partition coefficient (Wildman–Crippen LogP) is 2.36. The van der Waals surface area contributed by atoms with Gasteiger partial charge in [-0.15, -0.1) is 11.3 Å². The highest BCUT2D eigenvalue weighted by molar-refractivity contribution is 7.14. The number of hydrogen-bond donors (Lipinski definition) is 2. The first-order valence-electron chi connectivity index (χ1n) is 5.62. The van der Waals surface area contributed by atoms with Crippen molar-refractivity contribution in [3.63, 3.8) is 0 Å². The van der Waals surface area contributed by atoms with Crippen LogP contribution in [-0.2, 0) is 4.79 Å². The molecule has 19 heavy (non-hydrogen) atoms. The molecule has 1 aromatic heterocycles. The number of rotatable bonds is 5. The van der Waals surface area contributed by atoms with Crippen LogP contribution in [0.25, 0.3) is 0 Å². The van der Waals surface area contributed by atoms with E-state index in [1.807, 2.05) is 6.07 Å². The summed E-state index contributed by atoms with van der Waals surface area (Å²) in [6, 6.07) is 4.89. The van der Waals surface area contributed by atoms with Crippen molar-refractivity contribution in [3.8, 4) is 6.07 Å². The van der Waals surface area contributed by atoms with Gasteiger partial charge in [-0.2, -0.15) is 5.26 Å². The maximum absolute atomic E-state index is 12.1. The zero-order valence-corrected chi connectivity index (χ0v) is 11.5. The van der Waals surface area contributed by atoms with Gasteiger partial charge in [0.05, 0.1) is 17.5 Å². The largest absolute Gasteiger partial charge is 0.480 e. The number of anilines is 1. The summed E-state index contributed by atoms with van der Waals surface area (Å²) < 4.78 is 0. The molecular weight excluding hydrogens is 266 g/mol. The molecule has 0 fully saturated rings. The van der Waals surface area contributed by atoms with E-state index in [4.69, 9.17) is 5.26 Å². The Morgan fingerprint density at radius 3 is 2.74 bits per heavy atom. The Balaban J connectivity index is 2.87. The summed E-state index contributed by atoms with van der Waals surface area (Å²) in [5.41, 5.74) is -1.38. The van der Waals surface area contributed by atoms with E-state index in [1.165, 1.54) is 25.2 Å². The molecule has 0 bridgehead atoms. The molecule has 2 amide bonds. The standard InChI is InChI=1S/C12H15N3O3S/c1-12(2,10(16)17)15(7-4-6-13)11(18)14-9-5-3-8-19-9/h3,5,8H,4,7H2,1-2H3,(H,14,18)(H,16,17). The number of amides is 2. The van der Waals surface area contributed by atoms with Crippen molar-refractivity contribution in [1.82, 2.24) is 4.90 Å². The van der Waals surface area contributed by atoms with Gasteiger partial charge in [0.25, 0.3) is 0 Å². The zero-order chi connectivity index (χ0) is 14.5. The smallest absolute Gasteiger partial charge is 0.329 e. The number of nitriles is 1. The van der Waals surface area contributed by atoms with Crippen molar-refractivity contribution in [2.75, 3.05) is 11.9 Å². The molecule has 0 saturated heterocycles. The molecule has 102 valence electrons. The molecule has 0 aliphatic heterocycles. The zero-order valence-electron chi connectivity index (χ0n) is 10.7. The van der Waals surface area contributed by atoms with Crippen molar-refractivity contribution in [1.29, 1.82) is 5.26 Å². The lowest BCUT2D eigenvalue weighted by atomic mass is 10.0. The SMILES string of the molecule is CC(C)(C(=O)O)N(CCC#N)C(=O)Nc1cccs1. The van der Waals surface area contributed by atoms with Crippen LogP contribution in [0.5, 0.6) is 0 Å². The van der Waals surface area contributed by atoms with E-state index in [0.717, 1.165) is 4.90 Å². The van der Waals surface area contributed by atoms with Crippen molar-refractivity contribution in [3.05, 3.63) is 17.5 Å². The highest BCUT2D eigenvalue weighted by atomic mass is 32.1. The third kappa shape index (κ3) is 3.69. The van der Waals surface area contributed by atoms with Crippen molar-refractivity contribution < 1.29 is 14.7 Å². The quantitative estimate of drug-likeness (QED) is 0.866. The number of hydrogen-bond acceptors (Lipinski definition) is 4. The Hall–Kier alpha value is -2.07. The molecule has 0 aliphatic carbocycles. The van der Waals surface area contributed by atoms with E-state index in [0.29, 0.717) is 5.00 Å². The van der Waals surface area contributed by atoms with Crippen molar-refractivity contribution in [2.45, 2.75) is 25.8 Å². The summed E-state index contributed by atoms with van der Waals surface area (Å²) in [6.07, 6.45) is 0.0779. The second kappa shape index (κ2) is 6.20. The molecule has 0 spiro atoms. The number of carbonyl (C=O) groups is 2.